The summed E-state index contributed by atoms with van der Waals surface area (Å²) in [5, 5.41) is 3.58. The van der Waals surface area contributed by atoms with Crippen molar-refractivity contribution in [1.29, 1.82) is 0 Å². The third-order valence-electron chi connectivity index (χ3n) is 3.79. The van der Waals surface area contributed by atoms with Gasteiger partial charge in [-0.25, -0.2) is 9.97 Å². The number of fused-ring (bicyclic) bond motifs is 2. The molecule has 0 aromatic carbocycles. The molecule has 1 N–H and O–H groups in total. The van der Waals surface area contributed by atoms with Crippen LogP contribution < -0.4 is 5.32 Å². The van der Waals surface area contributed by atoms with E-state index < -0.39 is 0 Å². The molecule has 1 aliphatic rings. The number of nitrogens with zero attached hydrogens (tertiary/aromatic N) is 4. The quantitative estimate of drug-likeness (QED) is 0.786. The van der Waals surface area contributed by atoms with Crippen molar-refractivity contribution in [2.24, 2.45) is 0 Å². The van der Waals surface area contributed by atoms with E-state index in [4.69, 9.17) is 0 Å². The molecule has 6 nitrogen and oxygen atoms in total. The molecule has 0 atom stereocenters. The molecule has 0 spiro atoms. The number of hydrogen-bond donors (Lipinski definition) is 1. The molecule has 3 aromatic rings. The molecule has 3 aromatic heterocycles. The molecule has 1 aliphatic heterocycles. The van der Waals surface area contributed by atoms with E-state index in [0.29, 0.717) is 10.7 Å². The molecule has 0 saturated carbocycles. The van der Waals surface area contributed by atoms with Gasteiger partial charge in [0.15, 0.2) is 5.13 Å². The SMILES string of the molecule is CN1CCc2nc(NC(=O)c3ccc4nccn4c3)sc2C1. The Morgan fingerprint density at radius 3 is 3.23 bits per heavy atom. The van der Waals surface area contributed by atoms with E-state index in [1.54, 1.807) is 29.8 Å². The number of thiazole rings is 1. The number of carbonyl (C=O) groups is 1. The van der Waals surface area contributed by atoms with Crippen LogP contribution in [0.4, 0.5) is 5.13 Å². The lowest BCUT2D eigenvalue weighted by atomic mass is 10.2. The molecule has 0 unspecified atom stereocenters. The molecule has 0 aliphatic carbocycles. The summed E-state index contributed by atoms with van der Waals surface area (Å²) in [4.78, 5) is 24.6. The summed E-state index contributed by atoms with van der Waals surface area (Å²) in [6.07, 6.45) is 6.25. The third kappa shape index (κ3) is 2.38. The van der Waals surface area contributed by atoms with Crippen LogP contribution in [0.1, 0.15) is 20.9 Å². The van der Waals surface area contributed by atoms with Gasteiger partial charge in [-0.3, -0.25) is 10.1 Å². The number of pyridine rings is 1. The Kier molecular flexibility index (Phi) is 3.16. The van der Waals surface area contributed by atoms with Gasteiger partial charge >= 0.3 is 0 Å². The zero-order chi connectivity index (χ0) is 15.1. The molecule has 7 heteroatoms. The summed E-state index contributed by atoms with van der Waals surface area (Å²) in [5.41, 5.74) is 2.53. The molecule has 0 saturated heterocycles. The van der Waals surface area contributed by atoms with Crippen molar-refractivity contribution in [2.45, 2.75) is 13.0 Å². The second-order valence-electron chi connectivity index (χ2n) is 5.44. The van der Waals surface area contributed by atoms with Gasteiger partial charge in [-0.05, 0) is 19.2 Å². The van der Waals surface area contributed by atoms with Gasteiger partial charge in [-0.15, -0.1) is 11.3 Å². The molecule has 4 heterocycles. The van der Waals surface area contributed by atoms with Crippen molar-refractivity contribution < 1.29 is 4.79 Å². The Balaban J connectivity index is 1.56. The largest absolute Gasteiger partial charge is 0.306 e. The van der Waals surface area contributed by atoms with E-state index in [2.05, 4.69) is 27.2 Å². The van der Waals surface area contributed by atoms with Crippen LogP contribution in [0.15, 0.2) is 30.7 Å². The molecule has 4 rings (SSSR count). The smallest absolute Gasteiger partial charge is 0.258 e. The molecule has 1 amide bonds. The summed E-state index contributed by atoms with van der Waals surface area (Å²) in [6.45, 7) is 1.92. The zero-order valence-electron chi connectivity index (χ0n) is 12.1. The van der Waals surface area contributed by atoms with Crippen molar-refractivity contribution in [3.63, 3.8) is 0 Å². The molecular weight excluding hydrogens is 298 g/mol. The summed E-state index contributed by atoms with van der Waals surface area (Å²) >= 11 is 1.56. The number of aromatic nitrogens is 3. The second-order valence-corrected chi connectivity index (χ2v) is 6.52. The molecular formula is C15H15N5OS. The maximum Gasteiger partial charge on any atom is 0.258 e. The lowest BCUT2D eigenvalue weighted by molar-refractivity contribution is 0.102. The highest BCUT2D eigenvalue weighted by Crippen LogP contribution is 2.28. The first kappa shape index (κ1) is 13.4. The van der Waals surface area contributed by atoms with Gasteiger partial charge in [0.2, 0.25) is 0 Å². The van der Waals surface area contributed by atoms with Crippen molar-refractivity contribution in [3.05, 3.63) is 46.9 Å². The van der Waals surface area contributed by atoms with E-state index in [0.717, 1.165) is 30.9 Å². The first-order valence-electron chi connectivity index (χ1n) is 7.10. The number of imidazole rings is 1. The predicted octanol–water partition coefficient (Wildman–Crippen LogP) is 2.03. The molecule has 0 fully saturated rings. The topological polar surface area (TPSA) is 62.5 Å². The van der Waals surface area contributed by atoms with E-state index in [1.807, 2.05) is 16.7 Å². The average Bonchev–Trinajstić information content (AvgIpc) is 3.11. The van der Waals surface area contributed by atoms with Gasteiger partial charge in [0, 0.05) is 43.0 Å². The van der Waals surface area contributed by atoms with Crippen molar-refractivity contribution in [3.8, 4) is 0 Å². The fraction of sp³-hybridized carbons (Fsp3) is 0.267. The van der Waals surface area contributed by atoms with Crippen LogP contribution in [0.25, 0.3) is 5.65 Å². The monoisotopic (exact) mass is 313 g/mol. The number of hydrogen-bond acceptors (Lipinski definition) is 5. The van der Waals surface area contributed by atoms with Gasteiger partial charge in [-0.2, -0.15) is 0 Å². The van der Waals surface area contributed by atoms with Crippen LogP contribution >= 0.6 is 11.3 Å². The average molecular weight is 313 g/mol. The Morgan fingerprint density at radius 1 is 1.41 bits per heavy atom. The number of carbonyl (C=O) groups excluding carboxylic acids is 1. The summed E-state index contributed by atoms with van der Waals surface area (Å²) in [7, 11) is 2.10. The van der Waals surface area contributed by atoms with Crippen molar-refractivity contribution in [1.82, 2.24) is 19.3 Å². The Labute approximate surface area is 131 Å². The maximum absolute atomic E-state index is 12.4. The minimum atomic E-state index is -0.143. The molecule has 112 valence electrons. The van der Waals surface area contributed by atoms with E-state index in [9.17, 15) is 4.79 Å². The van der Waals surface area contributed by atoms with Crippen LogP contribution in [-0.4, -0.2) is 38.8 Å². The summed E-state index contributed by atoms with van der Waals surface area (Å²) in [6, 6.07) is 3.61. The fourth-order valence-electron chi connectivity index (χ4n) is 2.60. The fourth-order valence-corrected chi connectivity index (χ4v) is 3.68. The first-order valence-corrected chi connectivity index (χ1v) is 7.92. The minimum absolute atomic E-state index is 0.143. The number of likely N-dealkylation sites (N-methyl/N-ethyl adjacent to an activating group) is 1. The van der Waals surface area contributed by atoms with Gasteiger partial charge in [-0.1, -0.05) is 0 Å². The molecule has 0 radical (unpaired) electrons. The van der Waals surface area contributed by atoms with Gasteiger partial charge in [0.05, 0.1) is 11.3 Å². The highest BCUT2D eigenvalue weighted by Gasteiger charge is 2.19. The third-order valence-corrected chi connectivity index (χ3v) is 4.79. The Bertz CT molecular complexity index is 853. The maximum atomic E-state index is 12.4. The van der Waals surface area contributed by atoms with E-state index in [1.165, 1.54) is 4.88 Å². The highest BCUT2D eigenvalue weighted by molar-refractivity contribution is 7.15. The number of amides is 1. The summed E-state index contributed by atoms with van der Waals surface area (Å²) in [5.74, 6) is -0.143. The normalized spacial score (nSPS) is 15.0. The van der Waals surface area contributed by atoms with Crippen LogP contribution in [0, 0.1) is 0 Å². The minimum Gasteiger partial charge on any atom is -0.306 e. The molecule has 0 bridgehead atoms. The Hall–Kier alpha value is -2.25. The number of rotatable bonds is 2. The zero-order valence-corrected chi connectivity index (χ0v) is 12.9. The van der Waals surface area contributed by atoms with Gasteiger partial charge in [0.1, 0.15) is 5.65 Å². The lowest BCUT2D eigenvalue weighted by Crippen LogP contribution is -2.25. The van der Waals surface area contributed by atoms with Gasteiger partial charge in [0.25, 0.3) is 5.91 Å². The van der Waals surface area contributed by atoms with Crippen molar-refractivity contribution in [2.75, 3.05) is 18.9 Å². The van der Waals surface area contributed by atoms with E-state index >= 15 is 0 Å². The number of anilines is 1. The highest BCUT2D eigenvalue weighted by atomic mass is 32.1. The van der Waals surface area contributed by atoms with Crippen LogP contribution in [0.3, 0.4) is 0 Å². The van der Waals surface area contributed by atoms with Gasteiger partial charge < -0.3 is 9.30 Å². The van der Waals surface area contributed by atoms with Crippen LogP contribution in [0.2, 0.25) is 0 Å². The Morgan fingerprint density at radius 2 is 2.32 bits per heavy atom. The summed E-state index contributed by atoms with van der Waals surface area (Å²) < 4.78 is 1.83. The van der Waals surface area contributed by atoms with Crippen LogP contribution in [0.5, 0.6) is 0 Å². The van der Waals surface area contributed by atoms with Crippen LogP contribution in [-0.2, 0) is 13.0 Å². The molecule has 22 heavy (non-hydrogen) atoms. The van der Waals surface area contributed by atoms with E-state index in [-0.39, 0.29) is 5.91 Å². The number of nitrogens with one attached hydrogen (secondary N) is 1. The first-order chi connectivity index (χ1) is 10.7. The van der Waals surface area contributed by atoms with Crippen molar-refractivity contribution >= 4 is 28.0 Å². The second kappa shape index (κ2) is 5.19. The predicted molar refractivity (Wildman–Crippen MR) is 85.3 cm³/mol. The standard InChI is InChI=1S/C15H15N5OS/c1-19-6-4-11-12(9-19)22-15(17-11)18-14(21)10-2-3-13-16-5-7-20(13)8-10/h2-3,5,7-8H,4,6,9H2,1H3,(H,17,18,21). The lowest BCUT2D eigenvalue weighted by Gasteiger charge is -2.20.